The maximum atomic E-state index is 12.7. The van der Waals surface area contributed by atoms with Crippen LogP contribution in [-0.2, 0) is 9.53 Å². The maximum Gasteiger partial charge on any atom is 0.344 e. The van der Waals surface area contributed by atoms with Gasteiger partial charge in [0, 0.05) is 5.56 Å². The fourth-order valence-electron chi connectivity index (χ4n) is 1.62. The van der Waals surface area contributed by atoms with Crippen molar-refractivity contribution >= 4 is 11.8 Å². The third-order valence-electron chi connectivity index (χ3n) is 2.74. The number of ether oxygens (including phenoxy) is 2. The molecule has 0 aliphatic rings. The Hall–Kier alpha value is -2.89. The average molecular weight is 304 g/mol. The van der Waals surface area contributed by atoms with Crippen LogP contribution in [0, 0.1) is 5.82 Å². The molecule has 6 heteroatoms. The first-order chi connectivity index (χ1) is 10.6. The van der Waals surface area contributed by atoms with Crippen LogP contribution in [0.3, 0.4) is 0 Å². The summed E-state index contributed by atoms with van der Waals surface area (Å²) in [5, 5.41) is 9.45. The summed E-state index contributed by atoms with van der Waals surface area (Å²) in [6, 6.07) is 11.1. The summed E-state index contributed by atoms with van der Waals surface area (Å²) in [6.07, 6.45) is 0. The number of esters is 1. The molecule has 0 radical (unpaired) electrons. The second-order valence-corrected chi connectivity index (χ2v) is 4.35. The summed E-state index contributed by atoms with van der Waals surface area (Å²) in [6.45, 7) is -0.900. The van der Waals surface area contributed by atoms with Crippen molar-refractivity contribution in [3.63, 3.8) is 0 Å². The van der Waals surface area contributed by atoms with Crippen molar-refractivity contribution in [1.29, 1.82) is 0 Å². The highest BCUT2D eigenvalue weighted by Gasteiger charge is 2.11. The fourth-order valence-corrected chi connectivity index (χ4v) is 1.62. The van der Waals surface area contributed by atoms with Gasteiger partial charge < -0.3 is 14.6 Å². The number of phenols is 1. The van der Waals surface area contributed by atoms with Gasteiger partial charge in [0.05, 0.1) is 0 Å². The molecule has 0 heterocycles. The number of hydrogen-bond acceptors (Lipinski definition) is 5. The molecule has 2 rings (SSSR count). The second kappa shape index (κ2) is 7.21. The highest BCUT2D eigenvalue weighted by atomic mass is 19.1. The summed E-state index contributed by atoms with van der Waals surface area (Å²) in [4.78, 5) is 23.2. The van der Waals surface area contributed by atoms with Crippen molar-refractivity contribution in [1.82, 2.24) is 0 Å². The van der Waals surface area contributed by atoms with Crippen molar-refractivity contribution in [2.24, 2.45) is 0 Å². The number of ketones is 1. The van der Waals surface area contributed by atoms with E-state index in [4.69, 9.17) is 9.47 Å². The molecule has 0 unspecified atom stereocenters. The molecule has 0 saturated heterocycles. The largest absolute Gasteiger partial charge is 0.504 e. The first-order valence-corrected chi connectivity index (χ1v) is 6.41. The number of Topliss-reactive ketones (excluding diaryl/α,β-unsaturated/α-hetero) is 1. The minimum atomic E-state index is -0.751. The number of aromatic hydroxyl groups is 1. The molecule has 0 aliphatic carbocycles. The van der Waals surface area contributed by atoms with Gasteiger partial charge in [-0.05, 0) is 36.4 Å². The van der Waals surface area contributed by atoms with Gasteiger partial charge in [0.1, 0.15) is 5.82 Å². The Labute approximate surface area is 125 Å². The highest BCUT2D eigenvalue weighted by Crippen LogP contribution is 2.24. The van der Waals surface area contributed by atoms with Crippen LogP contribution in [0.1, 0.15) is 10.4 Å². The Morgan fingerprint density at radius 1 is 1.00 bits per heavy atom. The van der Waals surface area contributed by atoms with Crippen LogP contribution in [0.25, 0.3) is 0 Å². The van der Waals surface area contributed by atoms with Crippen molar-refractivity contribution in [2.75, 3.05) is 13.2 Å². The molecule has 2 aromatic carbocycles. The van der Waals surface area contributed by atoms with Gasteiger partial charge in [-0.2, -0.15) is 0 Å². The summed E-state index contributed by atoms with van der Waals surface area (Å²) >= 11 is 0. The molecule has 0 aromatic heterocycles. The van der Waals surface area contributed by atoms with E-state index < -0.39 is 30.8 Å². The zero-order valence-electron chi connectivity index (χ0n) is 11.5. The highest BCUT2D eigenvalue weighted by molar-refractivity contribution is 5.97. The fraction of sp³-hybridized carbons (Fsp3) is 0.125. The number of halogens is 1. The number of rotatable bonds is 6. The normalized spacial score (nSPS) is 10.0. The van der Waals surface area contributed by atoms with Crippen LogP contribution in [0.4, 0.5) is 4.39 Å². The van der Waals surface area contributed by atoms with Gasteiger partial charge in [0.2, 0.25) is 0 Å². The molecule has 114 valence electrons. The number of hydrogen-bond donors (Lipinski definition) is 1. The zero-order valence-corrected chi connectivity index (χ0v) is 11.5. The molecule has 2 aromatic rings. The molecule has 1 N–H and O–H groups in total. The Balaban J connectivity index is 1.79. The summed E-state index contributed by atoms with van der Waals surface area (Å²) in [7, 11) is 0. The minimum absolute atomic E-state index is 0.0994. The van der Waals surface area contributed by atoms with E-state index in [1.54, 1.807) is 12.1 Å². The summed E-state index contributed by atoms with van der Waals surface area (Å²) < 4.78 is 22.6. The lowest BCUT2D eigenvalue weighted by Gasteiger charge is -2.07. The predicted octanol–water partition coefficient (Wildman–Crippen LogP) is 2.34. The Bertz CT molecular complexity index is 666. The van der Waals surface area contributed by atoms with Gasteiger partial charge in [-0.1, -0.05) is 12.1 Å². The van der Waals surface area contributed by atoms with Gasteiger partial charge in [-0.15, -0.1) is 0 Å². The smallest absolute Gasteiger partial charge is 0.344 e. The van der Waals surface area contributed by atoms with E-state index in [1.165, 1.54) is 24.3 Å². The molecule has 0 saturated carbocycles. The van der Waals surface area contributed by atoms with Gasteiger partial charge in [0.25, 0.3) is 0 Å². The molecule has 0 amide bonds. The lowest BCUT2D eigenvalue weighted by molar-refractivity contribution is -0.144. The monoisotopic (exact) mass is 304 g/mol. The van der Waals surface area contributed by atoms with Gasteiger partial charge in [-0.3, -0.25) is 4.79 Å². The Morgan fingerprint density at radius 2 is 1.68 bits per heavy atom. The minimum Gasteiger partial charge on any atom is -0.504 e. The molecule has 0 spiro atoms. The van der Waals surface area contributed by atoms with Crippen molar-refractivity contribution < 1.29 is 28.6 Å². The molecule has 0 atom stereocenters. The Morgan fingerprint density at radius 3 is 2.36 bits per heavy atom. The lowest BCUT2D eigenvalue weighted by atomic mass is 10.1. The molecule has 22 heavy (non-hydrogen) atoms. The number of benzene rings is 2. The van der Waals surface area contributed by atoms with Gasteiger partial charge in [0.15, 0.2) is 30.5 Å². The molecule has 0 fully saturated rings. The van der Waals surface area contributed by atoms with E-state index in [-0.39, 0.29) is 17.1 Å². The predicted molar refractivity (Wildman–Crippen MR) is 75.3 cm³/mol. The number of carbonyl (C=O) groups excluding carboxylic acids is 2. The molecule has 0 aliphatic heterocycles. The SMILES string of the molecule is O=C(COc1ccccc1O)OCC(=O)c1ccc(F)cc1. The van der Waals surface area contributed by atoms with Crippen LogP contribution >= 0.6 is 0 Å². The quantitative estimate of drug-likeness (QED) is 0.655. The van der Waals surface area contributed by atoms with Crippen LogP contribution < -0.4 is 4.74 Å². The number of para-hydroxylation sites is 2. The first-order valence-electron chi connectivity index (χ1n) is 6.41. The third kappa shape index (κ3) is 4.31. The third-order valence-corrected chi connectivity index (χ3v) is 2.74. The molecule has 0 bridgehead atoms. The standard InChI is InChI=1S/C16H13FO5/c17-12-7-5-11(6-8-12)14(19)9-22-16(20)10-21-15-4-2-1-3-13(15)18/h1-8,18H,9-10H2. The van der Waals surface area contributed by atoms with Crippen molar-refractivity contribution in [3.8, 4) is 11.5 Å². The van der Waals surface area contributed by atoms with Crippen LogP contribution in [0.2, 0.25) is 0 Å². The summed E-state index contributed by atoms with van der Waals surface area (Å²) in [5.41, 5.74) is 0.246. The lowest BCUT2D eigenvalue weighted by Crippen LogP contribution is -2.19. The summed E-state index contributed by atoms with van der Waals surface area (Å²) in [5.74, 6) is -1.61. The second-order valence-electron chi connectivity index (χ2n) is 4.35. The zero-order chi connectivity index (χ0) is 15.9. The first kappa shape index (κ1) is 15.5. The number of carbonyl (C=O) groups is 2. The van der Waals surface area contributed by atoms with Crippen LogP contribution in [0.15, 0.2) is 48.5 Å². The van der Waals surface area contributed by atoms with E-state index in [9.17, 15) is 19.1 Å². The number of phenolic OH excluding ortho intramolecular Hbond substituents is 1. The Kier molecular flexibility index (Phi) is 5.08. The van der Waals surface area contributed by atoms with Crippen LogP contribution in [-0.4, -0.2) is 30.1 Å². The maximum absolute atomic E-state index is 12.7. The van der Waals surface area contributed by atoms with Crippen molar-refractivity contribution in [2.45, 2.75) is 0 Å². The van der Waals surface area contributed by atoms with Crippen molar-refractivity contribution in [3.05, 3.63) is 59.9 Å². The molecular formula is C16H13FO5. The topological polar surface area (TPSA) is 72.8 Å². The van der Waals surface area contributed by atoms with Crippen LogP contribution in [0.5, 0.6) is 11.5 Å². The van der Waals surface area contributed by atoms with Gasteiger partial charge in [-0.25, -0.2) is 9.18 Å². The van der Waals surface area contributed by atoms with Gasteiger partial charge >= 0.3 is 5.97 Å². The molecular weight excluding hydrogens is 291 g/mol. The van der Waals surface area contributed by atoms with E-state index in [1.807, 2.05) is 0 Å². The molecule has 5 nitrogen and oxygen atoms in total. The average Bonchev–Trinajstić information content (AvgIpc) is 2.52. The van der Waals surface area contributed by atoms with E-state index in [0.717, 1.165) is 12.1 Å². The van der Waals surface area contributed by atoms with E-state index in [0.29, 0.717) is 0 Å². The van der Waals surface area contributed by atoms with E-state index >= 15 is 0 Å². The van der Waals surface area contributed by atoms with E-state index in [2.05, 4.69) is 0 Å².